The Labute approximate surface area is 108 Å². The Kier molecular flexibility index (Phi) is 2.92. The number of fused-ring (bicyclic) bond motifs is 1. The lowest BCUT2D eigenvalue weighted by Crippen LogP contribution is -2.21. The van der Waals surface area contributed by atoms with Crippen LogP contribution in [-0.2, 0) is 13.0 Å². The first-order valence-corrected chi connectivity index (χ1v) is 6.59. The van der Waals surface area contributed by atoms with Crippen LogP contribution in [0, 0.1) is 6.92 Å². The van der Waals surface area contributed by atoms with Gasteiger partial charge in [-0.1, -0.05) is 29.8 Å². The summed E-state index contributed by atoms with van der Waals surface area (Å²) in [5, 5.41) is 0. The number of benzene rings is 1. The highest BCUT2D eigenvalue weighted by Crippen LogP contribution is 2.23. The Hall–Kier alpha value is -1.61. The van der Waals surface area contributed by atoms with Gasteiger partial charge in [-0.2, -0.15) is 0 Å². The normalized spacial score (nSPS) is 18.7. The van der Waals surface area contributed by atoms with Crippen molar-refractivity contribution in [1.29, 1.82) is 0 Å². The monoisotopic (exact) mass is 241 g/mol. The Bertz CT molecular complexity index is 539. The molecule has 3 rings (SSSR count). The van der Waals surface area contributed by atoms with Gasteiger partial charge in [-0.25, -0.2) is 4.98 Å². The zero-order chi connectivity index (χ0) is 12.5. The molecule has 1 atom stereocenters. The fourth-order valence-electron chi connectivity index (χ4n) is 2.57. The lowest BCUT2D eigenvalue weighted by atomic mass is 10.1. The molecule has 0 aliphatic carbocycles. The van der Waals surface area contributed by atoms with Gasteiger partial charge in [-0.3, -0.25) is 0 Å². The molecule has 2 N–H and O–H groups in total. The molecule has 3 nitrogen and oxygen atoms in total. The highest BCUT2D eigenvalue weighted by atomic mass is 15.1. The van der Waals surface area contributed by atoms with Crippen LogP contribution in [0.5, 0.6) is 0 Å². The summed E-state index contributed by atoms with van der Waals surface area (Å²) in [4.78, 5) is 4.69. The molecule has 94 valence electrons. The van der Waals surface area contributed by atoms with E-state index >= 15 is 0 Å². The summed E-state index contributed by atoms with van der Waals surface area (Å²) in [7, 11) is 0. The van der Waals surface area contributed by atoms with Crippen molar-refractivity contribution in [2.24, 2.45) is 5.73 Å². The molecule has 0 fully saturated rings. The maximum Gasteiger partial charge on any atom is 0.125 e. The van der Waals surface area contributed by atoms with Crippen LogP contribution in [0.3, 0.4) is 0 Å². The van der Waals surface area contributed by atoms with E-state index in [1.807, 2.05) is 0 Å². The molecule has 0 spiro atoms. The summed E-state index contributed by atoms with van der Waals surface area (Å²) in [5.41, 5.74) is 9.83. The van der Waals surface area contributed by atoms with E-state index in [4.69, 9.17) is 5.73 Å². The van der Waals surface area contributed by atoms with Gasteiger partial charge in [-0.15, -0.1) is 0 Å². The zero-order valence-corrected chi connectivity index (χ0v) is 10.8. The van der Waals surface area contributed by atoms with Crippen molar-refractivity contribution in [3.8, 4) is 0 Å². The van der Waals surface area contributed by atoms with Crippen molar-refractivity contribution in [3.63, 3.8) is 0 Å². The number of imidazole rings is 1. The molecule has 1 aliphatic heterocycles. The molecule has 1 unspecified atom stereocenters. The first-order valence-electron chi connectivity index (χ1n) is 6.59. The minimum Gasteiger partial charge on any atom is -0.333 e. The minimum absolute atomic E-state index is 0.116. The summed E-state index contributed by atoms with van der Waals surface area (Å²) in [6.45, 7) is 3.17. The quantitative estimate of drug-likeness (QED) is 0.878. The summed E-state index contributed by atoms with van der Waals surface area (Å²) in [6.07, 6.45) is 5.27. The molecule has 0 radical (unpaired) electrons. The maximum atomic E-state index is 6.09. The van der Waals surface area contributed by atoms with Gasteiger partial charge in [0.1, 0.15) is 5.82 Å². The van der Waals surface area contributed by atoms with Gasteiger partial charge >= 0.3 is 0 Å². The molecule has 0 saturated heterocycles. The molecule has 0 amide bonds. The Balaban J connectivity index is 1.83. The molecule has 0 bridgehead atoms. The predicted molar refractivity (Wildman–Crippen MR) is 72.4 cm³/mol. The zero-order valence-electron chi connectivity index (χ0n) is 10.8. The van der Waals surface area contributed by atoms with E-state index in [0.717, 1.165) is 37.3 Å². The van der Waals surface area contributed by atoms with E-state index in [9.17, 15) is 0 Å². The number of aromatic nitrogens is 2. The predicted octanol–water partition coefficient (Wildman–Crippen LogP) is 2.58. The Morgan fingerprint density at radius 2 is 2.11 bits per heavy atom. The first kappa shape index (κ1) is 11.5. The van der Waals surface area contributed by atoms with Gasteiger partial charge in [0.15, 0.2) is 0 Å². The second kappa shape index (κ2) is 4.58. The summed E-state index contributed by atoms with van der Waals surface area (Å²) in [6, 6.07) is 8.76. The van der Waals surface area contributed by atoms with Crippen LogP contribution in [0.4, 0.5) is 0 Å². The number of aryl methyl sites for hydroxylation is 2. The van der Waals surface area contributed by atoms with E-state index in [1.54, 1.807) is 0 Å². The highest BCUT2D eigenvalue weighted by Gasteiger charge is 2.19. The van der Waals surface area contributed by atoms with Crippen LogP contribution >= 0.6 is 0 Å². The average molecular weight is 241 g/mol. The molecular weight excluding hydrogens is 222 g/mol. The van der Waals surface area contributed by atoms with E-state index in [0.29, 0.717) is 0 Å². The molecular formula is C15H19N3. The molecule has 1 aromatic heterocycles. The van der Waals surface area contributed by atoms with Crippen LogP contribution in [0.15, 0.2) is 30.5 Å². The van der Waals surface area contributed by atoms with Crippen molar-refractivity contribution in [1.82, 2.24) is 9.55 Å². The molecule has 3 heteroatoms. The fourth-order valence-corrected chi connectivity index (χ4v) is 2.57. The van der Waals surface area contributed by atoms with Crippen LogP contribution in [0.25, 0.3) is 0 Å². The van der Waals surface area contributed by atoms with Gasteiger partial charge in [-0.05, 0) is 25.3 Å². The number of nitrogens with two attached hydrogens (primary N) is 1. The smallest absolute Gasteiger partial charge is 0.125 e. The second-order valence-corrected chi connectivity index (χ2v) is 5.19. The third kappa shape index (κ3) is 2.18. The standard InChI is InChI=1S/C15H19N3/c1-11-4-6-12(7-5-11)9-13-10-18-8-2-3-14(16)15(18)17-13/h4-7,10,14H,2-3,8-9,16H2,1H3. The van der Waals surface area contributed by atoms with Crippen LogP contribution in [0.1, 0.15) is 41.5 Å². The molecule has 2 heterocycles. The molecule has 2 aromatic rings. The van der Waals surface area contributed by atoms with E-state index in [1.165, 1.54) is 11.1 Å². The third-order valence-corrected chi connectivity index (χ3v) is 3.61. The van der Waals surface area contributed by atoms with Gasteiger partial charge in [0.05, 0.1) is 11.7 Å². The topological polar surface area (TPSA) is 43.8 Å². The van der Waals surface area contributed by atoms with Crippen molar-refractivity contribution in [2.45, 2.75) is 38.8 Å². The van der Waals surface area contributed by atoms with Gasteiger partial charge < -0.3 is 10.3 Å². The summed E-state index contributed by atoms with van der Waals surface area (Å²) in [5.74, 6) is 1.06. The molecule has 1 aromatic carbocycles. The number of rotatable bonds is 2. The van der Waals surface area contributed by atoms with Crippen molar-refractivity contribution in [3.05, 3.63) is 53.1 Å². The fraction of sp³-hybridized carbons (Fsp3) is 0.400. The van der Waals surface area contributed by atoms with Crippen molar-refractivity contribution in [2.75, 3.05) is 0 Å². The first-order chi connectivity index (χ1) is 8.72. The maximum absolute atomic E-state index is 6.09. The van der Waals surface area contributed by atoms with Gasteiger partial charge in [0.2, 0.25) is 0 Å². The Morgan fingerprint density at radius 1 is 1.33 bits per heavy atom. The molecule has 18 heavy (non-hydrogen) atoms. The minimum atomic E-state index is 0.116. The second-order valence-electron chi connectivity index (χ2n) is 5.19. The lowest BCUT2D eigenvalue weighted by molar-refractivity contribution is 0.451. The van der Waals surface area contributed by atoms with Crippen LogP contribution < -0.4 is 5.73 Å². The number of nitrogens with zero attached hydrogens (tertiary/aromatic N) is 2. The van der Waals surface area contributed by atoms with Crippen LogP contribution in [0.2, 0.25) is 0 Å². The van der Waals surface area contributed by atoms with E-state index in [2.05, 4.69) is 46.9 Å². The number of hydrogen-bond acceptors (Lipinski definition) is 2. The number of hydrogen-bond donors (Lipinski definition) is 1. The van der Waals surface area contributed by atoms with Crippen molar-refractivity contribution < 1.29 is 0 Å². The third-order valence-electron chi connectivity index (χ3n) is 3.61. The van der Waals surface area contributed by atoms with Crippen molar-refractivity contribution >= 4 is 0 Å². The summed E-state index contributed by atoms with van der Waals surface area (Å²) < 4.78 is 2.22. The molecule has 1 aliphatic rings. The van der Waals surface area contributed by atoms with E-state index < -0.39 is 0 Å². The van der Waals surface area contributed by atoms with Gasteiger partial charge in [0, 0.05) is 19.2 Å². The molecule has 0 saturated carbocycles. The average Bonchev–Trinajstić information content (AvgIpc) is 2.76. The summed E-state index contributed by atoms with van der Waals surface area (Å²) >= 11 is 0. The highest BCUT2D eigenvalue weighted by molar-refractivity contribution is 5.25. The largest absolute Gasteiger partial charge is 0.333 e. The lowest BCUT2D eigenvalue weighted by Gasteiger charge is -2.19. The van der Waals surface area contributed by atoms with E-state index in [-0.39, 0.29) is 6.04 Å². The van der Waals surface area contributed by atoms with Crippen LogP contribution in [-0.4, -0.2) is 9.55 Å². The Morgan fingerprint density at radius 3 is 2.83 bits per heavy atom. The SMILES string of the molecule is Cc1ccc(Cc2cn3c(n2)C(N)CCC3)cc1. The van der Waals surface area contributed by atoms with Gasteiger partial charge in [0.25, 0.3) is 0 Å².